The highest BCUT2D eigenvalue weighted by molar-refractivity contribution is 5.75. The molecule has 0 aliphatic carbocycles. The number of hydrogen-bond acceptors (Lipinski definition) is 2. The molecule has 1 heterocycles. The molecule has 1 fully saturated rings. The van der Waals surface area contributed by atoms with Crippen molar-refractivity contribution in [2.75, 3.05) is 20.2 Å². The quantitative estimate of drug-likeness (QED) is 0.899. The predicted molar refractivity (Wildman–Crippen MR) is 94.8 cm³/mol. The van der Waals surface area contributed by atoms with Crippen molar-refractivity contribution in [2.45, 2.75) is 25.0 Å². The van der Waals surface area contributed by atoms with Crippen molar-refractivity contribution in [3.63, 3.8) is 0 Å². The van der Waals surface area contributed by atoms with Crippen LogP contribution in [-0.2, 0) is 4.74 Å². The van der Waals surface area contributed by atoms with E-state index in [1.807, 2.05) is 30.3 Å². The van der Waals surface area contributed by atoms with Gasteiger partial charge in [0.15, 0.2) is 0 Å². The molecular weight excluding hydrogens is 319 g/mol. The highest BCUT2D eigenvalue weighted by atomic mass is 19.1. The van der Waals surface area contributed by atoms with E-state index in [0.29, 0.717) is 6.54 Å². The highest BCUT2D eigenvalue weighted by Crippen LogP contribution is 2.27. The monoisotopic (exact) mass is 342 g/mol. The van der Waals surface area contributed by atoms with Crippen LogP contribution in [-0.4, -0.2) is 37.2 Å². The number of hydrogen-bond donors (Lipinski definition) is 1. The van der Waals surface area contributed by atoms with Crippen molar-refractivity contribution < 1.29 is 13.9 Å². The average molecular weight is 342 g/mol. The lowest BCUT2D eigenvalue weighted by molar-refractivity contribution is 0.109. The minimum atomic E-state index is -0.291. The number of nitrogens with one attached hydrogen (secondary N) is 1. The maximum absolute atomic E-state index is 13.3. The molecule has 2 amide bonds. The van der Waals surface area contributed by atoms with Gasteiger partial charge < -0.3 is 15.0 Å². The number of benzene rings is 2. The van der Waals surface area contributed by atoms with Crippen LogP contribution < -0.4 is 5.32 Å². The van der Waals surface area contributed by atoms with Crippen LogP contribution in [0.25, 0.3) is 0 Å². The van der Waals surface area contributed by atoms with Crippen molar-refractivity contribution in [1.29, 1.82) is 0 Å². The smallest absolute Gasteiger partial charge is 0.318 e. The van der Waals surface area contributed by atoms with Gasteiger partial charge in [-0.2, -0.15) is 0 Å². The summed E-state index contributed by atoms with van der Waals surface area (Å²) in [6, 6.07) is 15.6. The molecule has 1 aliphatic rings. The number of carbonyl (C=O) groups excluding carboxylic acids is 1. The summed E-state index contributed by atoms with van der Waals surface area (Å²) in [5.41, 5.74) is 1.84. The number of halogens is 1. The van der Waals surface area contributed by atoms with Crippen LogP contribution in [0.3, 0.4) is 0 Å². The lowest BCUT2D eigenvalue weighted by atomic mass is 9.97. The molecule has 3 rings (SSSR count). The fourth-order valence-corrected chi connectivity index (χ4v) is 3.17. The molecule has 1 N–H and O–H groups in total. The maximum atomic E-state index is 13.3. The molecule has 0 radical (unpaired) electrons. The van der Waals surface area contributed by atoms with Gasteiger partial charge in [0.2, 0.25) is 0 Å². The summed E-state index contributed by atoms with van der Waals surface area (Å²) in [5.74, 6) is -0.291. The summed E-state index contributed by atoms with van der Waals surface area (Å²) < 4.78 is 18.9. The number of nitrogens with zero attached hydrogens (tertiary/aromatic N) is 1. The topological polar surface area (TPSA) is 41.6 Å². The molecule has 2 atom stereocenters. The molecule has 0 saturated carbocycles. The van der Waals surface area contributed by atoms with Crippen molar-refractivity contribution >= 4 is 6.03 Å². The predicted octanol–water partition coefficient (Wildman–Crippen LogP) is 3.74. The first-order valence-corrected chi connectivity index (χ1v) is 8.58. The maximum Gasteiger partial charge on any atom is 0.318 e. The van der Waals surface area contributed by atoms with E-state index < -0.39 is 0 Å². The van der Waals surface area contributed by atoms with Gasteiger partial charge in [-0.25, -0.2) is 9.18 Å². The van der Waals surface area contributed by atoms with E-state index >= 15 is 0 Å². The molecule has 1 aliphatic heterocycles. The molecule has 0 spiro atoms. The average Bonchev–Trinajstić information content (AvgIpc) is 3.16. The van der Waals surface area contributed by atoms with Gasteiger partial charge in [-0.1, -0.05) is 42.5 Å². The summed E-state index contributed by atoms with van der Waals surface area (Å²) in [6.07, 6.45) is 2.11. The molecule has 25 heavy (non-hydrogen) atoms. The van der Waals surface area contributed by atoms with Gasteiger partial charge >= 0.3 is 6.03 Å². The third-order valence-corrected chi connectivity index (χ3v) is 4.51. The Hall–Kier alpha value is -2.40. The Morgan fingerprint density at radius 2 is 1.88 bits per heavy atom. The van der Waals surface area contributed by atoms with Crippen LogP contribution in [0.15, 0.2) is 54.6 Å². The van der Waals surface area contributed by atoms with Gasteiger partial charge in [0.1, 0.15) is 5.82 Å². The highest BCUT2D eigenvalue weighted by Gasteiger charge is 2.24. The molecule has 5 heteroatoms. The second kappa shape index (κ2) is 8.12. The lowest BCUT2D eigenvalue weighted by Gasteiger charge is -2.29. The van der Waals surface area contributed by atoms with E-state index in [-0.39, 0.29) is 24.0 Å². The Bertz CT molecular complexity index is 685. The normalized spacial score (nSPS) is 17.9. The lowest BCUT2D eigenvalue weighted by Crippen LogP contribution is -2.42. The first-order valence-electron chi connectivity index (χ1n) is 8.58. The van der Waals surface area contributed by atoms with Crippen LogP contribution in [0, 0.1) is 5.82 Å². The van der Waals surface area contributed by atoms with E-state index in [1.165, 1.54) is 12.1 Å². The Labute approximate surface area is 147 Å². The van der Waals surface area contributed by atoms with Crippen LogP contribution in [0.5, 0.6) is 0 Å². The number of carbonyl (C=O) groups is 1. The third kappa shape index (κ3) is 4.37. The van der Waals surface area contributed by atoms with E-state index in [0.717, 1.165) is 30.6 Å². The Kier molecular flexibility index (Phi) is 5.66. The van der Waals surface area contributed by atoms with Gasteiger partial charge in [0, 0.05) is 20.2 Å². The van der Waals surface area contributed by atoms with Gasteiger partial charge in [-0.15, -0.1) is 0 Å². The van der Waals surface area contributed by atoms with Crippen LogP contribution in [0.1, 0.15) is 30.0 Å². The second-order valence-corrected chi connectivity index (χ2v) is 6.30. The molecular formula is C20H23FN2O2. The van der Waals surface area contributed by atoms with Crippen LogP contribution >= 0.6 is 0 Å². The second-order valence-electron chi connectivity index (χ2n) is 6.30. The third-order valence-electron chi connectivity index (χ3n) is 4.51. The number of urea groups is 1. The zero-order chi connectivity index (χ0) is 17.6. The molecule has 132 valence electrons. The first kappa shape index (κ1) is 17.4. The summed E-state index contributed by atoms with van der Waals surface area (Å²) >= 11 is 0. The van der Waals surface area contributed by atoms with Gasteiger partial charge in [0.25, 0.3) is 0 Å². The standard InChI is InChI=1S/C20H23FN2O2/c1-23(20(24)22-14-18-8-5-13-25-18)19(15-6-3-2-4-7-15)16-9-11-17(21)12-10-16/h2-4,6-7,9-12,18-19H,5,8,13-14H2,1H3,(H,22,24)/t18-,19-/m0/s1. The zero-order valence-corrected chi connectivity index (χ0v) is 14.3. The molecule has 0 unspecified atom stereocenters. The van der Waals surface area contributed by atoms with E-state index in [1.54, 1.807) is 24.1 Å². The summed E-state index contributed by atoms with van der Waals surface area (Å²) in [5, 5.41) is 2.94. The molecule has 4 nitrogen and oxygen atoms in total. The minimum absolute atomic E-state index is 0.0957. The van der Waals surface area contributed by atoms with Gasteiger partial charge in [-0.3, -0.25) is 0 Å². The first-order chi connectivity index (χ1) is 12.1. The zero-order valence-electron chi connectivity index (χ0n) is 14.3. The van der Waals surface area contributed by atoms with E-state index in [2.05, 4.69) is 5.32 Å². The van der Waals surface area contributed by atoms with Crippen molar-refractivity contribution in [3.8, 4) is 0 Å². The molecule has 2 aromatic rings. The van der Waals surface area contributed by atoms with E-state index in [4.69, 9.17) is 4.74 Å². The Balaban J connectivity index is 1.78. The number of rotatable bonds is 5. The van der Waals surface area contributed by atoms with Crippen LogP contribution in [0.2, 0.25) is 0 Å². The Morgan fingerprint density at radius 3 is 2.52 bits per heavy atom. The molecule has 2 aromatic carbocycles. The number of ether oxygens (including phenoxy) is 1. The van der Waals surface area contributed by atoms with E-state index in [9.17, 15) is 9.18 Å². The molecule has 1 saturated heterocycles. The van der Waals surface area contributed by atoms with Crippen molar-refractivity contribution in [3.05, 3.63) is 71.5 Å². The largest absolute Gasteiger partial charge is 0.376 e. The van der Waals surface area contributed by atoms with Crippen molar-refractivity contribution in [2.24, 2.45) is 0 Å². The van der Waals surface area contributed by atoms with Crippen LogP contribution in [0.4, 0.5) is 9.18 Å². The summed E-state index contributed by atoms with van der Waals surface area (Å²) in [6.45, 7) is 1.27. The SMILES string of the molecule is CN(C(=O)NC[C@@H]1CCCO1)[C@@H](c1ccccc1)c1ccc(F)cc1. The Morgan fingerprint density at radius 1 is 1.20 bits per heavy atom. The van der Waals surface area contributed by atoms with Crippen molar-refractivity contribution in [1.82, 2.24) is 10.2 Å². The molecule has 0 bridgehead atoms. The fourth-order valence-electron chi connectivity index (χ4n) is 3.17. The van der Waals surface area contributed by atoms with Gasteiger partial charge in [0.05, 0.1) is 12.1 Å². The summed E-state index contributed by atoms with van der Waals surface area (Å²) in [7, 11) is 1.76. The number of amides is 2. The molecule has 0 aromatic heterocycles. The van der Waals surface area contributed by atoms with Gasteiger partial charge in [-0.05, 0) is 36.1 Å². The fraction of sp³-hybridized carbons (Fsp3) is 0.350. The minimum Gasteiger partial charge on any atom is -0.376 e. The summed E-state index contributed by atoms with van der Waals surface area (Å²) in [4.78, 5) is 14.3.